The van der Waals surface area contributed by atoms with E-state index in [4.69, 9.17) is 5.11 Å². The van der Waals surface area contributed by atoms with E-state index in [-0.39, 0.29) is 18.6 Å². The predicted molar refractivity (Wildman–Crippen MR) is 65.1 cm³/mol. The Bertz CT molecular complexity index is 391. The summed E-state index contributed by atoms with van der Waals surface area (Å²) in [7, 11) is 0. The van der Waals surface area contributed by atoms with Crippen molar-refractivity contribution in [3.05, 3.63) is 18.7 Å². The van der Waals surface area contributed by atoms with Crippen molar-refractivity contribution in [1.82, 2.24) is 19.8 Å². The lowest BCUT2D eigenvalue weighted by atomic mass is 10.3. The maximum atomic E-state index is 11.8. The Morgan fingerprint density at radius 2 is 2.28 bits per heavy atom. The first-order valence-electron chi connectivity index (χ1n) is 5.76. The molecular weight excluding hydrogens is 236 g/mol. The standard InChI is InChI=1S/C11H18N4O3/c1-3-15(7-10(16)17)11(18)13-9(2)6-14-5-4-12-8-14/h4-5,8-9H,3,6-7H2,1-2H3,(H,13,18)(H,16,17). The lowest BCUT2D eigenvalue weighted by molar-refractivity contribution is -0.137. The minimum Gasteiger partial charge on any atom is -0.480 e. The van der Waals surface area contributed by atoms with E-state index in [1.54, 1.807) is 25.6 Å². The topological polar surface area (TPSA) is 87.5 Å². The van der Waals surface area contributed by atoms with Crippen molar-refractivity contribution in [3.8, 4) is 0 Å². The monoisotopic (exact) mass is 254 g/mol. The molecule has 0 aliphatic heterocycles. The molecule has 1 aromatic rings. The van der Waals surface area contributed by atoms with E-state index in [2.05, 4.69) is 10.3 Å². The number of aromatic nitrogens is 2. The second-order valence-corrected chi connectivity index (χ2v) is 4.02. The molecule has 1 heterocycles. The molecule has 0 fully saturated rings. The summed E-state index contributed by atoms with van der Waals surface area (Å²) in [6, 6.07) is -0.470. The van der Waals surface area contributed by atoms with Crippen molar-refractivity contribution in [1.29, 1.82) is 0 Å². The highest BCUT2D eigenvalue weighted by Crippen LogP contribution is 1.95. The molecule has 0 radical (unpaired) electrons. The highest BCUT2D eigenvalue weighted by Gasteiger charge is 2.16. The van der Waals surface area contributed by atoms with Crippen LogP contribution in [-0.4, -0.2) is 50.7 Å². The van der Waals surface area contributed by atoms with Gasteiger partial charge in [-0.05, 0) is 13.8 Å². The maximum absolute atomic E-state index is 11.8. The molecule has 0 aromatic carbocycles. The highest BCUT2D eigenvalue weighted by atomic mass is 16.4. The number of hydrogen-bond acceptors (Lipinski definition) is 3. The van der Waals surface area contributed by atoms with E-state index in [0.29, 0.717) is 13.1 Å². The minimum atomic E-state index is -1.02. The van der Waals surface area contributed by atoms with Gasteiger partial charge in [0.15, 0.2) is 0 Å². The fourth-order valence-corrected chi connectivity index (χ4v) is 1.55. The van der Waals surface area contributed by atoms with Crippen LogP contribution >= 0.6 is 0 Å². The molecule has 0 bridgehead atoms. The van der Waals surface area contributed by atoms with Crippen LogP contribution in [0.25, 0.3) is 0 Å². The number of carbonyl (C=O) groups excluding carboxylic acids is 1. The molecule has 1 atom stereocenters. The Hall–Kier alpha value is -2.05. The van der Waals surface area contributed by atoms with Crippen molar-refractivity contribution in [3.63, 3.8) is 0 Å². The Balaban J connectivity index is 2.44. The fourth-order valence-electron chi connectivity index (χ4n) is 1.55. The first-order valence-corrected chi connectivity index (χ1v) is 5.76. The fraction of sp³-hybridized carbons (Fsp3) is 0.545. The van der Waals surface area contributed by atoms with Gasteiger partial charge in [-0.2, -0.15) is 0 Å². The summed E-state index contributed by atoms with van der Waals surface area (Å²) in [5.41, 5.74) is 0. The van der Waals surface area contributed by atoms with Gasteiger partial charge in [-0.15, -0.1) is 0 Å². The molecule has 18 heavy (non-hydrogen) atoms. The number of amides is 2. The third kappa shape index (κ3) is 4.44. The molecule has 0 spiro atoms. The summed E-state index contributed by atoms with van der Waals surface area (Å²) < 4.78 is 1.85. The van der Waals surface area contributed by atoms with Crippen molar-refractivity contribution in [2.45, 2.75) is 26.4 Å². The number of rotatable bonds is 6. The van der Waals surface area contributed by atoms with Gasteiger partial charge in [0.25, 0.3) is 0 Å². The number of nitrogens with one attached hydrogen (secondary N) is 1. The first-order chi connectivity index (χ1) is 8.52. The van der Waals surface area contributed by atoms with E-state index in [1.165, 1.54) is 4.90 Å². The van der Waals surface area contributed by atoms with Crippen LogP contribution in [-0.2, 0) is 11.3 Å². The van der Waals surface area contributed by atoms with Crippen molar-refractivity contribution < 1.29 is 14.7 Å². The lowest BCUT2D eigenvalue weighted by Gasteiger charge is -2.22. The molecule has 7 nitrogen and oxygen atoms in total. The van der Waals surface area contributed by atoms with Crippen LogP contribution in [0.5, 0.6) is 0 Å². The highest BCUT2D eigenvalue weighted by molar-refractivity contribution is 5.80. The van der Waals surface area contributed by atoms with Gasteiger partial charge in [-0.1, -0.05) is 0 Å². The van der Waals surface area contributed by atoms with E-state index in [0.717, 1.165) is 0 Å². The van der Waals surface area contributed by atoms with Crippen LogP contribution in [0.1, 0.15) is 13.8 Å². The molecule has 0 aliphatic carbocycles. The van der Waals surface area contributed by atoms with E-state index in [1.807, 2.05) is 11.5 Å². The van der Waals surface area contributed by atoms with Gasteiger partial charge in [-0.25, -0.2) is 9.78 Å². The van der Waals surface area contributed by atoms with E-state index in [9.17, 15) is 9.59 Å². The second-order valence-electron chi connectivity index (χ2n) is 4.02. The second kappa shape index (κ2) is 6.63. The summed E-state index contributed by atoms with van der Waals surface area (Å²) in [6.45, 7) is 4.25. The molecule has 0 saturated carbocycles. The molecule has 1 rings (SSSR count). The number of carboxylic acid groups (broad SMARTS) is 1. The zero-order valence-corrected chi connectivity index (χ0v) is 10.5. The van der Waals surface area contributed by atoms with Gasteiger partial charge < -0.3 is 19.9 Å². The predicted octanol–water partition coefficient (Wildman–Crippen LogP) is 0.388. The average molecular weight is 254 g/mol. The molecule has 2 amide bonds. The third-order valence-electron chi connectivity index (χ3n) is 2.41. The normalized spacial score (nSPS) is 11.9. The Labute approximate surface area is 105 Å². The molecule has 100 valence electrons. The summed E-state index contributed by atoms with van der Waals surface area (Å²) >= 11 is 0. The van der Waals surface area contributed by atoms with Gasteiger partial charge in [0.1, 0.15) is 6.54 Å². The van der Waals surface area contributed by atoms with Crippen LogP contribution in [0, 0.1) is 0 Å². The molecule has 1 aromatic heterocycles. The Morgan fingerprint density at radius 3 is 2.78 bits per heavy atom. The van der Waals surface area contributed by atoms with Crippen molar-refractivity contribution in [2.24, 2.45) is 0 Å². The number of aliphatic carboxylic acids is 1. The lowest BCUT2D eigenvalue weighted by Crippen LogP contribution is -2.46. The molecule has 7 heteroatoms. The Kier molecular flexibility index (Phi) is 5.16. The average Bonchev–Trinajstić information content (AvgIpc) is 2.77. The number of nitrogens with zero attached hydrogens (tertiary/aromatic N) is 3. The van der Waals surface area contributed by atoms with E-state index < -0.39 is 5.97 Å². The van der Waals surface area contributed by atoms with Gasteiger partial charge in [0, 0.05) is 31.5 Å². The van der Waals surface area contributed by atoms with Crippen molar-refractivity contribution in [2.75, 3.05) is 13.1 Å². The number of imidazole rings is 1. The van der Waals surface area contributed by atoms with Crippen LogP contribution in [0.15, 0.2) is 18.7 Å². The molecular formula is C11H18N4O3. The number of urea groups is 1. The number of carboxylic acids is 1. The molecule has 1 unspecified atom stereocenters. The third-order valence-corrected chi connectivity index (χ3v) is 2.41. The summed E-state index contributed by atoms with van der Waals surface area (Å²) in [6.07, 6.45) is 5.13. The number of hydrogen-bond donors (Lipinski definition) is 2. The summed E-state index contributed by atoms with van der Waals surface area (Å²) in [5.74, 6) is -1.02. The van der Waals surface area contributed by atoms with Gasteiger partial charge >= 0.3 is 12.0 Å². The van der Waals surface area contributed by atoms with Crippen molar-refractivity contribution >= 4 is 12.0 Å². The molecule has 2 N–H and O–H groups in total. The largest absolute Gasteiger partial charge is 0.480 e. The van der Waals surface area contributed by atoms with Gasteiger partial charge in [0.05, 0.1) is 6.33 Å². The van der Waals surface area contributed by atoms with Crippen LogP contribution in [0.2, 0.25) is 0 Å². The quantitative estimate of drug-likeness (QED) is 0.768. The molecule has 0 saturated heterocycles. The SMILES string of the molecule is CCN(CC(=O)O)C(=O)NC(C)Cn1ccnc1. The van der Waals surface area contributed by atoms with E-state index >= 15 is 0 Å². The summed E-state index contributed by atoms with van der Waals surface area (Å²) in [4.78, 5) is 27.5. The zero-order chi connectivity index (χ0) is 13.5. The first kappa shape index (κ1) is 14.0. The summed E-state index contributed by atoms with van der Waals surface area (Å²) in [5, 5.41) is 11.4. The smallest absolute Gasteiger partial charge is 0.323 e. The number of likely N-dealkylation sites (N-methyl/N-ethyl adjacent to an activating group) is 1. The maximum Gasteiger partial charge on any atom is 0.323 e. The minimum absolute atomic E-state index is 0.102. The van der Waals surface area contributed by atoms with Crippen LogP contribution < -0.4 is 5.32 Å². The van der Waals surface area contributed by atoms with Crippen LogP contribution in [0.3, 0.4) is 0 Å². The van der Waals surface area contributed by atoms with Crippen LogP contribution in [0.4, 0.5) is 4.79 Å². The zero-order valence-electron chi connectivity index (χ0n) is 10.5. The van der Waals surface area contributed by atoms with Gasteiger partial charge in [0.2, 0.25) is 0 Å². The number of carbonyl (C=O) groups is 2. The Morgan fingerprint density at radius 1 is 1.56 bits per heavy atom. The molecule has 0 aliphatic rings. The van der Waals surface area contributed by atoms with Gasteiger partial charge in [-0.3, -0.25) is 4.79 Å².